The highest BCUT2D eigenvalue weighted by atomic mass is 19.1. The zero-order valence-corrected chi connectivity index (χ0v) is 10.0. The van der Waals surface area contributed by atoms with Gasteiger partial charge in [-0.05, 0) is 24.1 Å². The molecule has 0 radical (unpaired) electrons. The molecule has 0 unspecified atom stereocenters. The second-order valence-corrected chi connectivity index (χ2v) is 4.19. The summed E-state index contributed by atoms with van der Waals surface area (Å²) in [7, 11) is 1.81. The van der Waals surface area contributed by atoms with E-state index in [0.29, 0.717) is 0 Å². The number of hydrogen-bond donors (Lipinski definition) is 1. The van der Waals surface area contributed by atoms with Crippen LogP contribution < -0.4 is 10.2 Å². The van der Waals surface area contributed by atoms with Crippen LogP contribution in [0, 0.1) is 5.82 Å². The predicted octanol–water partition coefficient (Wildman–Crippen LogP) is 2.35. The lowest BCUT2D eigenvalue weighted by molar-refractivity contribution is 0.628. The van der Waals surface area contributed by atoms with E-state index < -0.39 is 0 Å². The van der Waals surface area contributed by atoms with Crippen LogP contribution in [0.4, 0.5) is 21.7 Å². The fraction of sp³-hybridized carbons (Fsp3) is 0.231. The normalized spacial score (nSPS) is 13.6. The van der Waals surface area contributed by atoms with Crippen molar-refractivity contribution in [2.75, 3.05) is 23.8 Å². The van der Waals surface area contributed by atoms with Crippen LogP contribution in [-0.4, -0.2) is 23.6 Å². The molecule has 92 valence electrons. The third kappa shape index (κ3) is 1.77. The van der Waals surface area contributed by atoms with Gasteiger partial charge < -0.3 is 10.2 Å². The van der Waals surface area contributed by atoms with Crippen molar-refractivity contribution < 1.29 is 4.39 Å². The Kier molecular flexibility index (Phi) is 2.59. The van der Waals surface area contributed by atoms with Crippen molar-refractivity contribution in [3.05, 3.63) is 42.0 Å². The van der Waals surface area contributed by atoms with Crippen LogP contribution in [0.2, 0.25) is 0 Å². The molecule has 18 heavy (non-hydrogen) atoms. The SMILES string of the molecule is CNc1cc(N2CCc3ccc(F)cc32)ncn1. The van der Waals surface area contributed by atoms with Gasteiger partial charge in [0.25, 0.3) is 0 Å². The first-order valence-electron chi connectivity index (χ1n) is 5.83. The fourth-order valence-corrected chi connectivity index (χ4v) is 2.22. The Hall–Kier alpha value is -2.17. The van der Waals surface area contributed by atoms with E-state index in [9.17, 15) is 4.39 Å². The number of rotatable bonds is 2. The third-order valence-electron chi connectivity index (χ3n) is 3.13. The van der Waals surface area contributed by atoms with Crippen LogP contribution in [0.1, 0.15) is 5.56 Å². The lowest BCUT2D eigenvalue weighted by Gasteiger charge is -2.18. The van der Waals surface area contributed by atoms with Crippen LogP contribution in [0.25, 0.3) is 0 Å². The second kappa shape index (κ2) is 4.25. The lowest BCUT2D eigenvalue weighted by atomic mass is 10.2. The van der Waals surface area contributed by atoms with Crippen molar-refractivity contribution in [2.45, 2.75) is 6.42 Å². The highest BCUT2D eigenvalue weighted by Crippen LogP contribution is 2.34. The molecule has 2 heterocycles. The van der Waals surface area contributed by atoms with Gasteiger partial charge >= 0.3 is 0 Å². The van der Waals surface area contributed by atoms with Crippen molar-refractivity contribution in [1.82, 2.24) is 9.97 Å². The van der Waals surface area contributed by atoms with Gasteiger partial charge in [-0.3, -0.25) is 0 Å². The Morgan fingerprint density at radius 3 is 3.00 bits per heavy atom. The van der Waals surface area contributed by atoms with Crippen LogP contribution in [0.5, 0.6) is 0 Å². The van der Waals surface area contributed by atoms with Gasteiger partial charge in [0.1, 0.15) is 23.8 Å². The van der Waals surface area contributed by atoms with E-state index in [0.717, 1.165) is 35.9 Å². The molecular weight excluding hydrogens is 231 g/mol. The molecule has 0 spiro atoms. The summed E-state index contributed by atoms with van der Waals surface area (Å²) in [5, 5.41) is 2.97. The van der Waals surface area contributed by atoms with E-state index in [4.69, 9.17) is 0 Å². The van der Waals surface area contributed by atoms with Gasteiger partial charge in [-0.25, -0.2) is 14.4 Å². The summed E-state index contributed by atoms with van der Waals surface area (Å²) >= 11 is 0. The fourth-order valence-electron chi connectivity index (χ4n) is 2.22. The zero-order valence-electron chi connectivity index (χ0n) is 10.0. The topological polar surface area (TPSA) is 41.0 Å². The van der Waals surface area contributed by atoms with E-state index >= 15 is 0 Å². The van der Waals surface area contributed by atoms with Crippen LogP contribution in [0.15, 0.2) is 30.6 Å². The summed E-state index contributed by atoms with van der Waals surface area (Å²) in [6.07, 6.45) is 2.42. The zero-order chi connectivity index (χ0) is 12.5. The Bertz CT molecular complexity index is 585. The van der Waals surface area contributed by atoms with Gasteiger partial charge in [-0.2, -0.15) is 0 Å². The van der Waals surface area contributed by atoms with E-state index in [1.54, 1.807) is 6.07 Å². The highest BCUT2D eigenvalue weighted by molar-refractivity contribution is 5.68. The van der Waals surface area contributed by atoms with Crippen molar-refractivity contribution in [3.8, 4) is 0 Å². The number of anilines is 3. The largest absolute Gasteiger partial charge is 0.373 e. The van der Waals surface area contributed by atoms with Gasteiger partial charge in [0.15, 0.2) is 0 Å². The molecule has 0 saturated heterocycles. The number of halogens is 1. The maximum atomic E-state index is 13.3. The molecule has 0 amide bonds. The Morgan fingerprint density at radius 2 is 2.17 bits per heavy atom. The number of fused-ring (bicyclic) bond motifs is 1. The molecule has 0 aliphatic carbocycles. The second-order valence-electron chi connectivity index (χ2n) is 4.19. The summed E-state index contributed by atoms with van der Waals surface area (Å²) in [4.78, 5) is 10.3. The van der Waals surface area contributed by atoms with Crippen LogP contribution in [-0.2, 0) is 6.42 Å². The van der Waals surface area contributed by atoms with E-state index in [2.05, 4.69) is 15.3 Å². The van der Waals surface area contributed by atoms with Crippen molar-refractivity contribution in [1.29, 1.82) is 0 Å². The first-order valence-corrected chi connectivity index (χ1v) is 5.83. The van der Waals surface area contributed by atoms with Gasteiger partial charge in [-0.15, -0.1) is 0 Å². The molecule has 1 aliphatic heterocycles. The van der Waals surface area contributed by atoms with Crippen LogP contribution >= 0.6 is 0 Å². The molecule has 2 aromatic rings. The molecule has 1 N–H and O–H groups in total. The molecule has 0 saturated carbocycles. The monoisotopic (exact) mass is 244 g/mol. The van der Waals surface area contributed by atoms with Crippen molar-refractivity contribution >= 4 is 17.3 Å². The molecular formula is C13H13FN4. The predicted molar refractivity (Wildman–Crippen MR) is 68.7 cm³/mol. The first-order chi connectivity index (χ1) is 8.78. The van der Waals surface area contributed by atoms with Crippen molar-refractivity contribution in [3.63, 3.8) is 0 Å². The molecule has 0 bridgehead atoms. The average Bonchev–Trinajstić information content (AvgIpc) is 2.81. The highest BCUT2D eigenvalue weighted by Gasteiger charge is 2.22. The Labute approximate surface area is 104 Å². The molecule has 3 rings (SSSR count). The number of nitrogens with one attached hydrogen (secondary N) is 1. The molecule has 1 aliphatic rings. The Balaban J connectivity index is 2.02. The van der Waals surface area contributed by atoms with Gasteiger partial charge in [0.05, 0.1) is 0 Å². The van der Waals surface area contributed by atoms with Crippen LogP contribution in [0.3, 0.4) is 0 Å². The third-order valence-corrected chi connectivity index (χ3v) is 3.13. The maximum absolute atomic E-state index is 13.3. The number of aromatic nitrogens is 2. The molecule has 1 aromatic heterocycles. The molecule has 0 atom stereocenters. The standard InChI is InChI=1S/C13H13FN4/c1-15-12-7-13(17-8-16-12)18-5-4-9-2-3-10(14)6-11(9)18/h2-3,6-8H,4-5H2,1H3,(H,15,16,17). The quantitative estimate of drug-likeness (QED) is 0.880. The summed E-state index contributed by atoms with van der Waals surface area (Å²) in [6.45, 7) is 0.818. The minimum Gasteiger partial charge on any atom is -0.373 e. The van der Waals surface area contributed by atoms with E-state index in [-0.39, 0.29) is 5.82 Å². The van der Waals surface area contributed by atoms with Gasteiger partial charge in [0.2, 0.25) is 0 Å². The molecule has 1 aromatic carbocycles. The lowest BCUT2D eigenvalue weighted by Crippen LogP contribution is -2.15. The summed E-state index contributed by atoms with van der Waals surface area (Å²) in [6, 6.07) is 6.76. The minimum absolute atomic E-state index is 0.219. The number of hydrogen-bond acceptors (Lipinski definition) is 4. The Morgan fingerprint density at radius 1 is 1.28 bits per heavy atom. The van der Waals surface area contributed by atoms with E-state index in [1.807, 2.05) is 24.1 Å². The first kappa shape index (κ1) is 11.0. The summed E-state index contributed by atoms with van der Waals surface area (Å²) < 4.78 is 13.3. The van der Waals surface area contributed by atoms with Gasteiger partial charge in [-0.1, -0.05) is 6.07 Å². The number of benzene rings is 1. The number of nitrogens with zero attached hydrogens (tertiary/aromatic N) is 3. The van der Waals surface area contributed by atoms with Crippen molar-refractivity contribution in [2.24, 2.45) is 0 Å². The minimum atomic E-state index is -0.219. The molecule has 0 fully saturated rings. The molecule has 5 heteroatoms. The van der Waals surface area contributed by atoms with E-state index in [1.165, 1.54) is 12.4 Å². The molecule has 4 nitrogen and oxygen atoms in total. The maximum Gasteiger partial charge on any atom is 0.138 e. The smallest absolute Gasteiger partial charge is 0.138 e. The average molecular weight is 244 g/mol. The van der Waals surface area contributed by atoms with Gasteiger partial charge in [0, 0.05) is 25.3 Å². The summed E-state index contributed by atoms with van der Waals surface area (Å²) in [5.41, 5.74) is 2.05. The summed E-state index contributed by atoms with van der Waals surface area (Å²) in [5.74, 6) is 1.33.